The van der Waals surface area contributed by atoms with Crippen LogP contribution in [0.2, 0.25) is 0 Å². The summed E-state index contributed by atoms with van der Waals surface area (Å²) in [4.78, 5) is 33.4. The van der Waals surface area contributed by atoms with E-state index in [-0.39, 0.29) is 12.1 Å². The summed E-state index contributed by atoms with van der Waals surface area (Å²) in [6, 6.07) is 10.9. The monoisotopic (exact) mass is 496 g/mol. The number of carbonyl (C=O) groups is 2. The van der Waals surface area contributed by atoms with Crippen LogP contribution in [0, 0.1) is 0 Å². The van der Waals surface area contributed by atoms with Gasteiger partial charge in [0.1, 0.15) is 11.5 Å². The average molecular weight is 497 g/mol. The molecule has 2 fully saturated rings. The normalized spacial score (nSPS) is 17.0. The molecule has 0 spiro atoms. The van der Waals surface area contributed by atoms with Crippen molar-refractivity contribution in [1.29, 1.82) is 0 Å². The van der Waals surface area contributed by atoms with E-state index >= 15 is 0 Å². The highest BCUT2D eigenvalue weighted by Gasteiger charge is 2.21. The summed E-state index contributed by atoms with van der Waals surface area (Å²) in [7, 11) is 7.31. The van der Waals surface area contributed by atoms with Crippen LogP contribution in [0.4, 0.5) is 21.0 Å². The number of likely N-dealkylation sites (N-methyl/N-ethyl adjacent to an activating group) is 2. The van der Waals surface area contributed by atoms with Gasteiger partial charge in [0.15, 0.2) is 0 Å². The van der Waals surface area contributed by atoms with Crippen molar-refractivity contribution in [3.8, 4) is 22.6 Å². The molecular weight excluding hydrogens is 460 g/mol. The van der Waals surface area contributed by atoms with E-state index < -0.39 is 0 Å². The smallest absolute Gasteiger partial charge is 0.321 e. The molecular formula is C26H36N6O4. The lowest BCUT2D eigenvalue weighted by Gasteiger charge is -2.32. The highest BCUT2D eigenvalue weighted by Crippen LogP contribution is 2.39. The molecule has 2 aromatic carbocycles. The maximum Gasteiger partial charge on any atom is 0.321 e. The van der Waals surface area contributed by atoms with Crippen LogP contribution < -0.4 is 20.1 Å². The minimum atomic E-state index is -0.115. The molecule has 2 heterocycles. The summed E-state index contributed by atoms with van der Waals surface area (Å²) in [5, 5.41) is 5.95. The van der Waals surface area contributed by atoms with Gasteiger partial charge in [-0.1, -0.05) is 0 Å². The summed E-state index contributed by atoms with van der Waals surface area (Å²) >= 11 is 0. The lowest BCUT2D eigenvalue weighted by molar-refractivity contribution is 0.164. The average Bonchev–Trinajstić information content (AvgIpc) is 2.89. The molecule has 2 N–H and O–H groups in total. The number of carbonyl (C=O) groups excluding carboxylic acids is 2. The van der Waals surface area contributed by atoms with Gasteiger partial charge >= 0.3 is 12.1 Å². The molecule has 2 aromatic rings. The zero-order chi connectivity index (χ0) is 25.7. The van der Waals surface area contributed by atoms with E-state index in [2.05, 4.69) is 34.5 Å². The first kappa shape index (κ1) is 25.6. The Morgan fingerprint density at radius 1 is 0.639 bits per heavy atom. The van der Waals surface area contributed by atoms with Crippen molar-refractivity contribution in [2.45, 2.75) is 0 Å². The number of urea groups is 2. The summed E-state index contributed by atoms with van der Waals surface area (Å²) in [6.45, 7) is 6.25. The van der Waals surface area contributed by atoms with Crippen LogP contribution in [0.15, 0.2) is 36.4 Å². The third kappa shape index (κ3) is 6.00. The number of ether oxygens (including phenoxy) is 2. The molecule has 0 aliphatic carbocycles. The Morgan fingerprint density at radius 2 is 1.00 bits per heavy atom. The zero-order valence-electron chi connectivity index (χ0n) is 21.5. The van der Waals surface area contributed by atoms with Gasteiger partial charge in [0.25, 0.3) is 0 Å². The lowest BCUT2D eigenvalue weighted by Crippen LogP contribution is -2.48. The summed E-state index contributed by atoms with van der Waals surface area (Å²) in [5.74, 6) is 1.22. The molecule has 194 valence electrons. The van der Waals surface area contributed by atoms with Crippen LogP contribution in [-0.2, 0) is 0 Å². The van der Waals surface area contributed by atoms with E-state index in [9.17, 15) is 9.59 Å². The second kappa shape index (κ2) is 11.5. The van der Waals surface area contributed by atoms with Gasteiger partial charge in [-0.25, -0.2) is 9.59 Å². The van der Waals surface area contributed by atoms with Crippen molar-refractivity contribution in [1.82, 2.24) is 19.6 Å². The number of amides is 4. The molecule has 0 saturated carbocycles. The predicted molar refractivity (Wildman–Crippen MR) is 141 cm³/mol. The minimum Gasteiger partial charge on any atom is -0.496 e. The molecule has 0 unspecified atom stereocenters. The van der Waals surface area contributed by atoms with E-state index in [1.54, 1.807) is 14.2 Å². The molecule has 10 nitrogen and oxygen atoms in total. The quantitative estimate of drug-likeness (QED) is 0.662. The van der Waals surface area contributed by atoms with Crippen LogP contribution in [0.25, 0.3) is 11.1 Å². The van der Waals surface area contributed by atoms with Crippen LogP contribution >= 0.6 is 0 Å². The topological polar surface area (TPSA) is 89.6 Å². The predicted octanol–water partition coefficient (Wildman–Crippen LogP) is 2.93. The van der Waals surface area contributed by atoms with Gasteiger partial charge in [0, 0.05) is 87.0 Å². The Kier molecular flexibility index (Phi) is 8.17. The van der Waals surface area contributed by atoms with Gasteiger partial charge in [-0.15, -0.1) is 0 Å². The molecule has 0 radical (unpaired) electrons. The number of nitrogens with zero attached hydrogens (tertiary/aromatic N) is 4. The lowest BCUT2D eigenvalue weighted by atomic mass is 10.0. The van der Waals surface area contributed by atoms with Crippen molar-refractivity contribution < 1.29 is 19.1 Å². The Morgan fingerprint density at radius 3 is 1.33 bits per heavy atom. The molecule has 4 rings (SSSR count). The molecule has 0 aromatic heterocycles. The fourth-order valence-corrected chi connectivity index (χ4v) is 4.41. The number of nitrogens with one attached hydrogen (secondary N) is 2. The van der Waals surface area contributed by atoms with E-state index in [4.69, 9.17) is 9.47 Å². The van der Waals surface area contributed by atoms with Gasteiger partial charge < -0.3 is 39.7 Å². The van der Waals surface area contributed by atoms with Crippen LogP contribution in [0.3, 0.4) is 0 Å². The second-order valence-electron chi connectivity index (χ2n) is 9.27. The Balaban J connectivity index is 1.47. The zero-order valence-corrected chi connectivity index (χ0v) is 21.5. The molecule has 36 heavy (non-hydrogen) atoms. The number of anilines is 2. The maximum atomic E-state index is 12.7. The highest BCUT2D eigenvalue weighted by molar-refractivity contribution is 5.92. The standard InChI is InChI=1S/C26H36N6O4/c1-29-9-13-31(14-10-29)25(33)27-19-5-7-21(23(17-19)35-3)22-8-6-20(18-24(22)36-4)28-26(34)32-15-11-30(2)12-16-32/h5-8,17-18H,9-16H2,1-4H3,(H,27,33)(H,28,34). The van der Waals surface area contributed by atoms with Gasteiger partial charge in [-0.05, 0) is 38.4 Å². The van der Waals surface area contributed by atoms with Crippen LogP contribution in [0.1, 0.15) is 0 Å². The minimum absolute atomic E-state index is 0.115. The van der Waals surface area contributed by atoms with E-state index in [0.29, 0.717) is 49.1 Å². The Hall–Kier alpha value is -3.50. The molecule has 2 saturated heterocycles. The molecule has 0 bridgehead atoms. The van der Waals surface area contributed by atoms with Crippen molar-refractivity contribution >= 4 is 23.4 Å². The molecule has 2 aliphatic rings. The SMILES string of the molecule is COc1cc(NC(=O)N2CCN(C)CC2)ccc1-c1ccc(NC(=O)N2CCN(C)CC2)cc1OC. The summed E-state index contributed by atoms with van der Waals surface area (Å²) in [5.41, 5.74) is 2.97. The second-order valence-corrected chi connectivity index (χ2v) is 9.27. The first-order valence-corrected chi connectivity index (χ1v) is 12.2. The number of hydrogen-bond donors (Lipinski definition) is 2. The molecule has 0 atom stereocenters. The number of hydrogen-bond acceptors (Lipinski definition) is 6. The third-order valence-corrected chi connectivity index (χ3v) is 6.78. The van der Waals surface area contributed by atoms with Crippen LogP contribution in [0.5, 0.6) is 11.5 Å². The number of benzene rings is 2. The van der Waals surface area contributed by atoms with E-state index in [0.717, 1.165) is 37.3 Å². The van der Waals surface area contributed by atoms with E-state index in [1.165, 1.54) is 0 Å². The van der Waals surface area contributed by atoms with Crippen LogP contribution in [-0.4, -0.2) is 112 Å². The molecule has 2 aliphatic heterocycles. The Labute approximate surface area is 212 Å². The number of rotatable bonds is 5. The first-order chi connectivity index (χ1) is 17.4. The largest absolute Gasteiger partial charge is 0.496 e. The highest BCUT2D eigenvalue weighted by atomic mass is 16.5. The van der Waals surface area contributed by atoms with E-state index in [1.807, 2.05) is 46.2 Å². The van der Waals surface area contributed by atoms with Gasteiger partial charge in [0.05, 0.1) is 14.2 Å². The summed E-state index contributed by atoms with van der Waals surface area (Å²) < 4.78 is 11.3. The molecule has 4 amide bonds. The van der Waals surface area contributed by atoms with Crippen molar-refractivity contribution in [3.63, 3.8) is 0 Å². The van der Waals surface area contributed by atoms with Gasteiger partial charge in [-0.2, -0.15) is 0 Å². The van der Waals surface area contributed by atoms with Crippen molar-refractivity contribution in [2.75, 3.05) is 91.3 Å². The van der Waals surface area contributed by atoms with Crippen molar-refractivity contribution in [3.05, 3.63) is 36.4 Å². The number of piperazine rings is 2. The number of methoxy groups -OCH3 is 2. The third-order valence-electron chi connectivity index (χ3n) is 6.78. The Bertz CT molecular complexity index is 993. The molecule has 10 heteroatoms. The van der Waals surface area contributed by atoms with Gasteiger partial charge in [-0.3, -0.25) is 0 Å². The fraction of sp³-hybridized carbons (Fsp3) is 0.462. The summed E-state index contributed by atoms with van der Waals surface area (Å²) in [6.07, 6.45) is 0. The maximum absolute atomic E-state index is 12.7. The van der Waals surface area contributed by atoms with Gasteiger partial charge in [0.2, 0.25) is 0 Å². The first-order valence-electron chi connectivity index (χ1n) is 12.2. The fourth-order valence-electron chi connectivity index (χ4n) is 4.41. The van der Waals surface area contributed by atoms with Crippen molar-refractivity contribution in [2.24, 2.45) is 0 Å².